The lowest BCUT2D eigenvalue weighted by Crippen LogP contribution is -2.52. The van der Waals surface area contributed by atoms with Crippen LogP contribution in [0.4, 0.5) is 0 Å². The summed E-state index contributed by atoms with van der Waals surface area (Å²) in [6, 6.07) is -1.49. The van der Waals surface area contributed by atoms with E-state index in [1.165, 1.54) is 0 Å². The van der Waals surface area contributed by atoms with E-state index in [-0.39, 0.29) is 12.3 Å². The molecule has 0 fully saturated rings. The first kappa shape index (κ1) is 21.8. The van der Waals surface area contributed by atoms with E-state index in [1.807, 2.05) is 13.8 Å². The van der Waals surface area contributed by atoms with Gasteiger partial charge in [0.1, 0.15) is 12.1 Å². The van der Waals surface area contributed by atoms with Crippen molar-refractivity contribution in [2.75, 3.05) is 21.3 Å². The second-order valence-electron chi connectivity index (χ2n) is 5.56. The van der Waals surface area contributed by atoms with Crippen LogP contribution in [-0.2, 0) is 33.4 Å². The molecule has 0 aromatic rings. The topological polar surface area (TPSA) is 128 Å². The number of rotatable bonds is 9. The molecule has 3 atom stereocenters. The van der Waals surface area contributed by atoms with Crippen LogP contribution in [0.5, 0.6) is 0 Å². The molecule has 0 saturated carbocycles. The molecule has 0 heterocycles. The van der Waals surface area contributed by atoms with Gasteiger partial charge in [-0.2, -0.15) is 0 Å². The first-order valence-corrected chi connectivity index (χ1v) is 7.38. The molecule has 0 aromatic heterocycles. The molecule has 2 N–H and O–H groups in total. The van der Waals surface area contributed by atoms with Crippen molar-refractivity contribution in [3.05, 3.63) is 0 Å². The molecule has 0 saturated heterocycles. The third-order valence-electron chi connectivity index (χ3n) is 3.27. The molecule has 0 aromatic carbocycles. The summed E-state index contributed by atoms with van der Waals surface area (Å²) < 4.78 is 13.6. The molecule has 0 rings (SSSR count). The Balaban J connectivity index is 5.38. The number of aliphatic hydroxyl groups excluding tert-OH is 1. The molecular weight excluding hydrogens is 322 g/mol. The smallest absolute Gasteiger partial charge is 0.329 e. The van der Waals surface area contributed by atoms with Crippen molar-refractivity contribution < 1.29 is 38.5 Å². The molecule has 9 nitrogen and oxygen atoms in total. The van der Waals surface area contributed by atoms with Crippen molar-refractivity contribution >= 4 is 23.8 Å². The SMILES string of the molecule is COC(=O)C[C@H](C(=O)OC)[C@@H](NC(=O)[C@H](O)CC(C)C)C(=O)OC. The molecule has 138 valence electrons. The Labute approximate surface area is 140 Å². The van der Waals surface area contributed by atoms with E-state index in [1.54, 1.807) is 0 Å². The van der Waals surface area contributed by atoms with Gasteiger partial charge in [-0.05, 0) is 12.3 Å². The molecule has 0 bridgehead atoms. The minimum atomic E-state index is -1.49. The van der Waals surface area contributed by atoms with Crippen LogP contribution in [0.2, 0.25) is 0 Å². The number of aliphatic hydroxyl groups is 1. The van der Waals surface area contributed by atoms with Crippen molar-refractivity contribution in [1.82, 2.24) is 5.32 Å². The zero-order chi connectivity index (χ0) is 18.9. The van der Waals surface area contributed by atoms with E-state index >= 15 is 0 Å². The zero-order valence-corrected chi connectivity index (χ0v) is 14.5. The average Bonchev–Trinajstić information content (AvgIpc) is 2.55. The Morgan fingerprint density at radius 2 is 1.50 bits per heavy atom. The van der Waals surface area contributed by atoms with Crippen LogP contribution in [0.3, 0.4) is 0 Å². The molecule has 0 aliphatic rings. The number of nitrogens with one attached hydrogen (secondary N) is 1. The van der Waals surface area contributed by atoms with Gasteiger partial charge in [-0.1, -0.05) is 13.8 Å². The van der Waals surface area contributed by atoms with Crippen LogP contribution in [0.1, 0.15) is 26.7 Å². The number of hydrogen-bond acceptors (Lipinski definition) is 8. The summed E-state index contributed by atoms with van der Waals surface area (Å²) in [5, 5.41) is 12.1. The number of carbonyl (C=O) groups excluding carboxylic acids is 4. The zero-order valence-electron chi connectivity index (χ0n) is 14.5. The lowest BCUT2D eigenvalue weighted by atomic mass is 9.95. The molecule has 9 heteroatoms. The minimum Gasteiger partial charge on any atom is -0.469 e. The van der Waals surface area contributed by atoms with E-state index in [9.17, 15) is 24.3 Å². The van der Waals surface area contributed by atoms with Crippen LogP contribution in [0.15, 0.2) is 0 Å². The van der Waals surface area contributed by atoms with Crippen LogP contribution in [0, 0.1) is 11.8 Å². The number of carbonyl (C=O) groups is 4. The molecule has 0 aliphatic heterocycles. The van der Waals surface area contributed by atoms with Gasteiger partial charge in [-0.3, -0.25) is 14.4 Å². The number of esters is 3. The first-order valence-electron chi connectivity index (χ1n) is 7.38. The second-order valence-corrected chi connectivity index (χ2v) is 5.56. The van der Waals surface area contributed by atoms with Gasteiger partial charge in [0.25, 0.3) is 0 Å². The van der Waals surface area contributed by atoms with Crippen LogP contribution < -0.4 is 5.32 Å². The summed E-state index contributed by atoms with van der Waals surface area (Å²) >= 11 is 0. The minimum absolute atomic E-state index is 0.0359. The molecule has 0 radical (unpaired) electrons. The number of hydrogen-bond donors (Lipinski definition) is 2. The highest BCUT2D eigenvalue weighted by Crippen LogP contribution is 2.15. The molecular formula is C15H25NO8. The quantitative estimate of drug-likeness (QED) is 0.418. The Morgan fingerprint density at radius 3 is 1.92 bits per heavy atom. The Morgan fingerprint density at radius 1 is 0.958 bits per heavy atom. The number of amides is 1. The fourth-order valence-corrected chi connectivity index (χ4v) is 2.01. The lowest BCUT2D eigenvalue weighted by molar-refractivity contribution is -0.160. The van der Waals surface area contributed by atoms with Gasteiger partial charge in [-0.15, -0.1) is 0 Å². The van der Waals surface area contributed by atoms with Gasteiger partial charge in [0, 0.05) is 0 Å². The van der Waals surface area contributed by atoms with Gasteiger partial charge in [0.2, 0.25) is 5.91 Å². The third-order valence-corrected chi connectivity index (χ3v) is 3.27. The Hall–Kier alpha value is -2.16. The summed E-state index contributed by atoms with van der Waals surface area (Å²) in [4.78, 5) is 47.4. The highest BCUT2D eigenvalue weighted by Gasteiger charge is 2.39. The Bertz CT molecular complexity index is 462. The van der Waals surface area contributed by atoms with Crippen LogP contribution in [0.25, 0.3) is 0 Å². The van der Waals surface area contributed by atoms with Gasteiger partial charge >= 0.3 is 17.9 Å². The van der Waals surface area contributed by atoms with E-state index in [0.717, 1.165) is 21.3 Å². The summed E-state index contributed by atoms with van der Waals surface area (Å²) in [5.74, 6) is -4.76. The Kier molecular flexibility index (Phi) is 9.63. The molecule has 1 amide bonds. The summed E-state index contributed by atoms with van der Waals surface area (Å²) in [7, 11) is 3.27. The predicted octanol–water partition coefficient (Wildman–Crippen LogP) is -0.596. The maximum atomic E-state index is 12.0. The second kappa shape index (κ2) is 10.6. The van der Waals surface area contributed by atoms with Crippen LogP contribution >= 0.6 is 0 Å². The van der Waals surface area contributed by atoms with Gasteiger partial charge in [0.05, 0.1) is 33.7 Å². The van der Waals surface area contributed by atoms with Crippen molar-refractivity contribution in [3.8, 4) is 0 Å². The molecule has 24 heavy (non-hydrogen) atoms. The average molecular weight is 347 g/mol. The summed E-state index contributed by atoms with van der Waals surface area (Å²) in [5.41, 5.74) is 0. The maximum absolute atomic E-state index is 12.0. The maximum Gasteiger partial charge on any atom is 0.329 e. The standard InChI is InChI=1S/C15H25NO8/c1-8(2)6-10(17)13(19)16-12(15(21)24-5)9(14(20)23-4)7-11(18)22-3/h8-10,12,17H,6-7H2,1-5H3,(H,16,19)/t9-,10+,12+/m0/s1. The fourth-order valence-electron chi connectivity index (χ4n) is 2.01. The fraction of sp³-hybridized carbons (Fsp3) is 0.733. The monoisotopic (exact) mass is 347 g/mol. The van der Waals surface area contributed by atoms with Gasteiger partial charge in [-0.25, -0.2) is 4.79 Å². The lowest BCUT2D eigenvalue weighted by Gasteiger charge is -2.24. The summed E-state index contributed by atoms with van der Waals surface area (Å²) in [6.07, 6.45) is -1.70. The van der Waals surface area contributed by atoms with E-state index in [0.29, 0.717) is 0 Å². The summed E-state index contributed by atoms with van der Waals surface area (Å²) in [6.45, 7) is 3.62. The number of methoxy groups -OCH3 is 3. The third kappa shape index (κ3) is 6.95. The van der Waals surface area contributed by atoms with Crippen molar-refractivity contribution in [2.24, 2.45) is 11.8 Å². The number of ether oxygens (including phenoxy) is 3. The van der Waals surface area contributed by atoms with Gasteiger partial charge < -0.3 is 24.6 Å². The molecule has 0 spiro atoms. The normalized spacial score (nSPS) is 14.3. The van der Waals surface area contributed by atoms with Crippen molar-refractivity contribution in [3.63, 3.8) is 0 Å². The van der Waals surface area contributed by atoms with E-state index in [2.05, 4.69) is 19.5 Å². The largest absolute Gasteiger partial charge is 0.469 e. The highest BCUT2D eigenvalue weighted by molar-refractivity contribution is 5.92. The molecule has 0 aliphatic carbocycles. The van der Waals surface area contributed by atoms with E-state index in [4.69, 9.17) is 0 Å². The molecule has 0 unspecified atom stereocenters. The van der Waals surface area contributed by atoms with E-state index < -0.39 is 48.3 Å². The van der Waals surface area contributed by atoms with Gasteiger partial charge in [0.15, 0.2) is 0 Å². The predicted molar refractivity (Wildman–Crippen MR) is 81.5 cm³/mol. The van der Waals surface area contributed by atoms with Crippen molar-refractivity contribution in [1.29, 1.82) is 0 Å². The van der Waals surface area contributed by atoms with Crippen molar-refractivity contribution in [2.45, 2.75) is 38.8 Å². The highest BCUT2D eigenvalue weighted by atomic mass is 16.5. The van der Waals surface area contributed by atoms with Crippen LogP contribution in [-0.4, -0.2) is 62.4 Å². The first-order chi connectivity index (χ1) is 11.2.